The minimum absolute atomic E-state index is 0.238. The standard InChI is InChI=1S/C23H20N2O3/c1-14-11-19-21(12-15(14)2)28-23(25-19)16-7-6-8-17(13-16)24-22(26)18-9-4-5-10-20(18)27-3/h4-13H,1-3H3,(H,24,26). The van der Waals surface area contributed by atoms with Crippen molar-refractivity contribution in [1.82, 2.24) is 4.98 Å². The van der Waals surface area contributed by atoms with E-state index in [0.29, 0.717) is 22.9 Å². The number of para-hydroxylation sites is 1. The molecule has 0 bridgehead atoms. The number of ether oxygens (including phenoxy) is 1. The summed E-state index contributed by atoms with van der Waals surface area (Å²) in [6.45, 7) is 4.10. The predicted molar refractivity (Wildman–Crippen MR) is 110 cm³/mol. The predicted octanol–water partition coefficient (Wildman–Crippen LogP) is 5.37. The van der Waals surface area contributed by atoms with E-state index in [1.807, 2.05) is 49.4 Å². The van der Waals surface area contributed by atoms with Gasteiger partial charge in [-0.25, -0.2) is 4.98 Å². The van der Waals surface area contributed by atoms with Gasteiger partial charge in [-0.05, 0) is 67.4 Å². The number of aromatic nitrogens is 1. The van der Waals surface area contributed by atoms with Crippen LogP contribution in [0, 0.1) is 13.8 Å². The first-order chi connectivity index (χ1) is 13.5. The maximum Gasteiger partial charge on any atom is 0.259 e. The molecule has 28 heavy (non-hydrogen) atoms. The number of carbonyl (C=O) groups is 1. The highest BCUT2D eigenvalue weighted by Gasteiger charge is 2.14. The lowest BCUT2D eigenvalue weighted by Gasteiger charge is -2.09. The van der Waals surface area contributed by atoms with Crippen molar-refractivity contribution < 1.29 is 13.9 Å². The van der Waals surface area contributed by atoms with Crippen LogP contribution in [0.3, 0.4) is 0 Å². The number of amides is 1. The minimum Gasteiger partial charge on any atom is -0.496 e. The maximum absolute atomic E-state index is 12.6. The Morgan fingerprint density at radius 1 is 1.00 bits per heavy atom. The van der Waals surface area contributed by atoms with Gasteiger partial charge in [0.25, 0.3) is 5.91 Å². The van der Waals surface area contributed by atoms with E-state index in [9.17, 15) is 4.79 Å². The molecular formula is C23H20N2O3. The molecule has 0 radical (unpaired) electrons. The molecule has 0 saturated heterocycles. The van der Waals surface area contributed by atoms with E-state index in [1.165, 1.54) is 5.56 Å². The summed E-state index contributed by atoms with van der Waals surface area (Å²) in [4.78, 5) is 17.2. The van der Waals surface area contributed by atoms with Gasteiger partial charge in [-0.3, -0.25) is 4.79 Å². The summed E-state index contributed by atoms with van der Waals surface area (Å²) in [7, 11) is 1.55. The highest BCUT2D eigenvalue weighted by molar-refractivity contribution is 6.06. The molecule has 5 nitrogen and oxygen atoms in total. The topological polar surface area (TPSA) is 64.4 Å². The number of benzene rings is 3. The quantitative estimate of drug-likeness (QED) is 0.523. The lowest BCUT2D eigenvalue weighted by atomic mass is 10.1. The molecule has 0 aliphatic carbocycles. The van der Waals surface area contributed by atoms with Gasteiger partial charge >= 0.3 is 0 Å². The van der Waals surface area contributed by atoms with Crippen LogP contribution in [-0.4, -0.2) is 18.0 Å². The van der Waals surface area contributed by atoms with Crippen LogP contribution in [0.25, 0.3) is 22.6 Å². The number of carbonyl (C=O) groups excluding carboxylic acids is 1. The van der Waals surface area contributed by atoms with Crippen LogP contribution in [0.15, 0.2) is 65.1 Å². The number of anilines is 1. The first-order valence-electron chi connectivity index (χ1n) is 8.98. The van der Waals surface area contributed by atoms with Crippen LogP contribution in [-0.2, 0) is 0 Å². The number of methoxy groups -OCH3 is 1. The van der Waals surface area contributed by atoms with Crippen molar-refractivity contribution in [1.29, 1.82) is 0 Å². The monoisotopic (exact) mass is 372 g/mol. The van der Waals surface area contributed by atoms with E-state index in [-0.39, 0.29) is 5.91 Å². The van der Waals surface area contributed by atoms with Crippen molar-refractivity contribution >= 4 is 22.7 Å². The Kier molecular flexibility index (Phi) is 4.57. The number of hydrogen-bond acceptors (Lipinski definition) is 4. The molecule has 5 heteroatoms. The number of nitrogens with one attached hydrogen (secondary N) is 1. The van der Waals surface area contributed by atoms with Gasteiger partial charge in [-0.1, -0.05) is 18.2 Å². The first-order valence-corrected chi connectivity index (χ1v) is 8.98. The molecule has 1 heterocycles. The lowest BCUT2D eigenvalue weighted by Crippen LogP contribution is -2.13. The van der Waals surface area contributed by atoms with E-state index in [4.69, 9.17) is 9.15 Å². The second-order valence-electron chi connectivity index (χ2n) is 6.66. The molecule has 4 aromatic rings. The third-order valence-corrected chi connectivity index (χ3v) is 4.72. The number of rotatable bonds is 4. The molecular weight excluding hydrogens is 352 g/mol. The van der Waals surface area contributed by atoms with Gasteiger partial charge in [-0.2, -0.15) is 0 Å². The Labute approximate surface area is 163 Å². The summed E-state index contributed by atoms with van der Waals surface area (Å²) in [6, 6.07) is 18.6. The zero-order valence-corrected chi connectivity index (χ0v) is 15.9. The van der Waals surface area contributed by atoms with Crippen LogP contribution in [0.5, 0.6) is 5.75 Å². The molecule has 140 valence electrons. The lowest BCUT2D eigenvalue weighted by molar-refractivity contribution is 0.102. The Morgan fingerprint density at radius 2 is 1.79 bits per heavy atom. The van der Waals surface area contributed by atoms with Gasteiger partial charge in [0.15, 0.2) is 5.58 Å². The molecule has 1 amide bonds. The summed E-state index contributed by atoms with van der Waals surface area (Å²) in [6.07, 6.45) is 0. The molecule has 1 N–H and O–H groups in total. The van der Waals surface area contributed by atoms with Gasteiger partial charge in [0.1, 0.15) is 11.3 Å². The van der Waals surface area contributed by atoms with Crippen LogP contribution in [0.4, 0.5) is 5.69 Å². The second-order valence-corrected chi connectivity index (χ2v) is 6.66. The number of nitrogens with zero attached hydrogens (tertiary/aromatic N) is 1. The normalized spacial score (nSPS) is 10.8. The molecule has 4 rings (SSSR count). The van der Waals surface area contributed by atoms with E-state index < -0.39 is 0 Å². The van der Waals surface area contributed by atoms with Crippen LogP contribution < -0.4 is 10.1 Å². The average molecular weight is 372 g/mol. The zero-order chi connectivity index (χ0) is 19.7. The number of fused-ring (bicyclic) bond motifs is 1. The minimum atomic E-state index is -0.238. The van der Waals surface area contributed by atoms with Gasteiger partial charge in [0, 0.05) is 11.3 Å². The van der Waals surface area contributed by atoms with Gasteiger partial charge < -0.3 is 14.5 Å². The summed E-state index contributed by atoms with van der Waals surface area (Å²) in [5.74, 6) is 0.813. The van der Waals surface area contributed by atoms with Crippen molar-refractivity contribution in [3.05, 3.63) is 77.4 Å². The fourth-order valence-electron chi connectivity index (χ4n) is 3.06. The van der Waals surface area contributed by atoms with Gasteiger partial charge in [-0.15, -0.1) is 0 Å². The SMILES string of the molecule is COc1ccccc1C(=O)Nc1cccc(-c2nc3cc(C)c(C)cc3o2)c1. The van der Waals surface area contributed by atoms with Crippen LogP contribution >= 0.6 is 0 Å². The van der Waals surface area contributed by atoms with Crippen LogP contribution in [0.1, 0.15) is 21.5 Å². The van der Waals surface area contributed by atoms with Gasteiger partial charge in [0.2, 0.25) is 5.89 Å². The fraction of sp³-hybridized carbons (Fsp3) is 0.130. The third kappa shape index (κ3) is 3.34. The zero-order valence-electron chi connectivity index (χ0n) is 15.9. The smallest absolute Gasteiger partial charge is 0.259 e. The van der Waals surface area contributed by atoms with Crippen molar-refractivity contribution in [3.63, 3.8) is 0 Å². The Balaban J connectivity index is 1.64. The Morgan fingerprint density at radius 3 is 2.61 bits per heavy atom. The van der Waals surface area contributed by atoms with Crippen molar-refractivity contribution in [2.45, 2.75) is 13.8 Å². The Hall–Kier alpha value is -3.60. The Bertz CT molecular complexity index is 1140. The van der Waals surface area contributed by atoms with E-state index >= 15 is 0 Å². The third-order valence-electron chi connectivity index (χ3n) is 4.72. The molecule has 0 aliphatic heterocycles. The summed E-state index contributed by atoms with van der Waals surface area (Å²) in [5.41, 5.74) is 5.83. The van der Waals surface area contributed by atoms with Crippen LogP contribution in [0.2, 0.25) is 0 Å². The second kappa shape index (κ2) is 7.19. The molecule has 3 aromatic carbocycles. The molecule has 1 aromatic heterocycles. The highest BCUT2D eigenvalue weighted by atomic mass is 16.5. The number of hydrogen-bond donors (Lipinski definition) is 1. The summed E-state index contributed by atoms with van der Waals surface area (Å²) >= 11 is 0. The molecule has 0 aliphatic rings. The molecule has 0 atom stereocenters. The fourth-order valence-corrected chi connectivity index (χ4v) is 3.06. The van der Waals surface area contributed by atoms with Crippen molar-refractivity contribution in [3.8, 4) is 17.2 Å². The van der Waals surface area contributed by atoms with Crippen molar-refractivity contribution in [2.75, 3.05) is 12.4 Å². The van der Waals surface area contributed by atoms with E-state index in [0.717, 1.165) is 22.2 Å². The van der Waals surface area contributed by atoms with E-state index in [2.05, 4.69) is 17.2 Å². The number of oxazole rings is 1. The maximum atomic E-state index is 12.6. The van der Waals surface area contributed by atoms with Crippen molar-refractivity contribution in [2.24, 2.45) is 0 Å². The average Bonchev–Trinajstić information content (AvgIpc) is 3.11. The van der Waals surface area contributed by atoms with Gasteiger partial charge in [0.05, 0.1) is 12.7 Å². The largest absolute Gasteiger partial charge is 0.496 e. The summed E-state index contributed by atoms with van der Waals surface area (Å²) in [5, 5.41) is 2.91. The molecule has 0 saturated carbocycles. The molecule has 0 fully saturated rings. The van der Waals surface area contributed by atoms with E-state index in [1.54, 1.807) is 25.3 Å². The first kappa shape index (κ1) is 17.8. The molecule has 0 spiro atoms. The number of aryl methyl sites for hydroxylation is 2. The summed E-state index contributed by atoms with van der Waals surface area (Å²) < 4.78 is 11.2. The highest BCUT2D eigenvalue weighted by Crippen LogP contribution is 2.28. The molecule has 0 unspecified atom stereocenters.